The molecule has 2 rings (SSSR count). The molecule has 1 aromatic rings. The lowest BCUT2D eigenvalue weighted by Gasteiger charge is -2.32. The summed E-state index contributed by atoms with van der Waals surface area (Å²) in [5.74, 6) is 0.700. The second kappa shape index (κ2) is 6.65. The molecule has 0 unspecified atom stereocenters. The molecular formula is C14H23N3O2S. The summed E-state index contributed by atoms with van der Waals surface area (Å²) in [6.07, 6.45) is 5.41. The van der Waals surface area contributed by atoms with E-state index >= 15 is 0 Å². The molecule has 6 heteroatoms. The third-order valence-corrected chi connectivity index (χ3v) is 5.15. The van der Waals surface area contributed by atoms with Gasteiger partial charge in [-0.25, -0.2) is 13.1 Å². The van der Waals surface area contributed by atoms with Gasteiger partial charge >= 0.3 is 0 Å². The Morgan fingerprint density at radius 2 is 2.35 bits per heavy atom. The maximum Gasteiger partial charge on any atom is 0.242 e. The third-order valence-electron chi connectivity index (χ3n) is 3.57. The molecule has 0 aliphatic carbocycles. The van der Waals surface area contributed by atoms with E-state index in [9.17, 15) is 8.42 Å². The first kappa shape index (κ1) is 15.4. The van der Waals surface area contributed by atoms with Crippen LogP contribution in [-0.2, 0) is 10.0 Å². The van der Waals surface area contributed by atoms with Crippen molar-refractivity contribution in [1.82, 2.24) is 14.6 Å². The lowest BCUT2D eigenvalue weighted by molar-refractivity contribution is 0.174. The van der Waals surface area contributed by atoms with Gasteiger partial charge in [-0.15, -0.1) is 0 Å². The van der Waals surface area contributed by atoms with E-state index in [1.165, 1.54) is 19.0 Å². The van der Waals surface area contributed by atoms with Crippen LogP contribution >= 0.6 is 0 Å². The molecule has 2 heterocycles. The lowest BCUT2D eigenvalue weighted by Crippen LogP contribution is -2.45. The van der Waals surface area contributed by atoms with E-state index in [2.05, 4.69) is 21.5 Å². The summed E-state index contributed by atoms with van der Waals surface area (Å²) in [4.78, 5) is 6.41. The van der Waals surface area contributed by atoms with Crippen LogP contribution in [0.5, 0.6) is 0 Å². The van der Waals surface area contributed by atoms with Gasteiger partial charge in [0.15, 0.2) is 0 Å². The highest BCUT2D eigenvalue weighted by Gasteiger charge is 2.21. The monoisotopic (exact) mass is 297 g/mol. The highest BCUT2D eigenvalue weighted by atomic mass is 32.2. The van der Waals surface area contributed by atoms with Crippen LogP contribution in [0, 0.1) is 5.92 Å². The van der Waals surface area contributed by atoms with Gasteiger partial charge in [0.1, 0.15) is 4.90 Å². The Morgan fingerprint density at radius 3 is 3.00 bits per heavy atom. The van der Waals surface area contributed by atoms with Crippen LogP contribution in [0.2, 0.25) is 0 Å². The van der Waals surface area contributed by atoms with Crippen LogP contribution in [0.1, 0.15) is 26.7 Å². The molecule has 0 amide bonds. The fourth-order valence-corrected chi connectivity index (χ4v) is 3.91. The molecule has 1 aliphatic rings. The quantitative estimate of drug-likeness (QED) is 0.894. The smallest absolute Gasteiger partial charge is 0.242 e. The minimum atomic E-state index is -3.46. The first-order valence-electron chi connectivity index (χ1n) is 7.12. The van der Waals surface area contributed by atoms with Crippen molar-refractivity contribution in [2.45, 2.75) is 37.6 Å². The lowest BCUT2D eigenvalue weighted by atomic mass is 10.00. The van der Waals surface area contributed by atoms with Crippen LogP contribution in [0.15, 0.2) is 29.4 Å². The summed E-state index contributed by atoms with van der Waals surface area (Å²) >= 11 is 0. The van der Waals surface area contributed by atoms with Gasteiger partial charge in [-0.05, 0) is 44.4 Å². The molecular weight excluding hydrogens is 274 g/mol. The van der Waals surface area contributed by atoms with Crippen molar-refractivity contribution in [2.24, 2.45) is 5.92 Å². The number of nitrogens with zero attached hydrogens (tertiary/aromatic N) is 2. The SMILES string of the molecule is C[C@H]1CCCN(C[C@@H](C)NS(=O)(=O)c2cccnc2)C1. The zero-order valence-corrected chi connectivity index (χ0v) is 12.9. The van der Waals surface area contributed by atoms with Crippen LogP contribution in [0.4, 0.5) is 0 Å². The minimum absolute atomic E-state index is 0.106. The van der Waals surface area contributed by atoms with Gasteiger partial charge in [0.05, 0.1) is 0 Å². The van der Waals surface area contributed by atoms with E-state index in [1.807, 2.05) is 6.92 Å². The van der Waals surface area contributed by atoms with E-state index in [1.54, 1.807) is 18.3 Å². The summed E-state index contributed by atoms with van der Waals surface area (Å²) in [5.41, 5.74) is 0. The molecule has 0 aromatic carbocycles. The largest absolute Gasteiger partial charge is 0.301 e. The molecule has 20 heavy (non-hydrogen) atoms. The minimum Gasteiger partial charge on any atom is -0.301 e. The fraction of sp³-hybridized carbons (Fsp3) is 0.643. The predicted octanol–water partition coefficient (Wildman–Crippen LogP) is 1.48. The van der Waals surface area contributed by atoms with Crippen molar-refractivity contribution in [3.63, 3.8) is 0 Å². The average molecular weight is 297 g/mol. The molecule has 2 atom stereocenters. The Morgan fingerprint density at radius 1 is 1.55 bits per heavy atom. The van der Waals surface area contributed by atoms with Crippen molar-refractivity contribution >= 4 is 10.0 Å². The van der Waals surface area contributed by atoms with E-state index in [4.69, 9.17) is 0 Å². The maximum atomic E-state index is 12.2. The standard InChI is InChI=1S/C14H23N3O2S/c1-12-5-4-8-17(10-12)11-13(2)16-20(18,19)14-6-3-7-15-9-14/h3,6-7,9,12-13,16H,4-5,8,10-11H2,1-2H3/t12-,13+/m0/s1. The first-order valence-corrected chi connectivity index (χ1v) is 8.60. The van der Waals surface area contributed by atoms with Gasteiger partial charge in [0.2, 0.25) is 10.0 Å². The maximum absolute atomic E-state index is 12.2. The number of pyridine rings is 1. The Hall–Kier alpha value is -0.980. The average Bonchev–Trinajstić information content (AvgIpc) is 2.39. The van der Waals surface area contributed by atoms with E-state index in [-0.39, 0.29) is 10.9 Å². The van der Waals surface area contributed by atoms with Crippen molar-refractivity contribution in [3.05, 3.63) is 24.5 Å². The van der Waals surface area contributed by atoms with Crippen LogP contribution in [0.3, 0.4) is 0 Å². The summed E-state index contributed by atoms with van der Waals surface area (Å²) in [5, 5.41) is 0. The Balaban J connectivity index is 1.92. The zero-order valence-electron chi connectivity index (χ0n) is 12.1. The molecule has 1 aliphatic heterocycles. The molecule has 112 valence electrons. The highest BCUT2D eigenvalue weighted by molar-refractivity contribution is 7.89. The van der Waals surface area contributed by atoms with Gasteiger partial charge in [-0.3, -0.25) is 4.98 Å². The van der Waals surface area contributed by atoms with E-state index < -0.39 is 10.0 Å². The van der Waals surface area contributed by atoms with Crippen molar-refractivity contribution in [3.8, 4) is 0 Å². The highest BCUT2D eigenvalue weighted by Crippen LogP contribution is 2.16. The molecule has 0 spiro atoms. The van der Waals surface area contributed by atoms with Gasteiger partial charge < -0.3 is 4.90 Å². The summed E-state index contributed by atoms with van der Waals surface area (Å²) in [6.45, 7) is 7.02. The van der Waals surface area contributed by atoms with Crippen molar-refractivity contribution in [2.75, 3.05) is 19.6 Å². The third kappa shape index (κ3) is 4.26. The fourth-order valence-electron chi connectivity index (χ4n) is 2.72. The van der Waals surface area contributed by atoms with Crippen LogP contribution in [-0.4, -0.2) is 44.0 Å². The molecule has 1 N–H and O–H groups in total. The first-order chi connectivity index (χ1) is 9.47. The van der Waals surface area contributed by atoms with Crippen LogP contribution in [0.25, 0.3) is 0 Å². The van der Waals surface area contributed by atoms with E-state index in [0.717, 1.165) is 19.6 Å². The predicted molar refractivity (Wildman–Crippen MR) is 78.9 cm³/mol. The number of sulfonamides is 1. The number of rotatable bonds is 5. The van der Waals surface area contributed by atoms with Crippen molar-refractivity contribution in [1.29, 1.82) is 0 Å². The summed E-state index contributed by atoms with van der Waals surface area (Å²) < 4.78 is 27.1. The van der Waals surface area contributed by atoms with Gasteiger partial charge in [-0.1, -0.05) is 6.92 Å². The molecule has 1 fully saturated rings. The Labute approximate surface area is 121 Å². The molecule has 0 radical (unpaired) electrons. The van der Waals surface area contributed by atoms with E-state index in [0.29, 0.717) is 5.92 Å². The summed E-state index contributed by atoms with van der Waals surface area (Å²) in [7, 11) is -3.46. The number of piperidine rings is 1. The number of hydrogen-bond acceptors (Lipinski definition) is 4. The van der Waals surface area contributed by atoms with Gasteiger partial charge in [-0.2, -0.15) is 0 Å². The van der Waals surface area contributed by atoms with Crippen LogP contribution < -0.4 is 4.72 Å². The van der Waals surface area contributed by atoms with Crippen molar-refractivity contribution < 1.29 is 8.42 Å². The Kier molecular flexibility index (Phi) is 5.12. The molecule has 0 saturated carbocycles. The Bertz CT molecular complexity index is 518. The number of likely N-dealkylation sites (tertiary alicyclic amines) is 1. The molecule has 0 bridgehead atoms. The normalized spacial score (nSPS) is 22.6. The zero-order chi connectivity index (χ0) is 14.6. The second-order valence-corrected chi connectivity index (χ2v) is 7.43. The van der Waals surface area contributed by atoms with Gasteiger partial charge in [0, 0.05) is 31.5 Å². The molecule has 1 saturated heterocycles. The molecule has 5 nitrogen and oxygen atoms in total. The number of nitrogens with one attached hydrogen (secondary N) is 1. The topological polar surface area (TPSA) is 62.3 Å². The van der Waals surface area contributed by atoms with Gasteiger partial charge in [0.25, 0.3) is 0 Å². The molecule has 1 aromatic heterocycles. The summed E-state index contributed by atoms with van der Waals surface area (Å²) in [6, 6.07) is 3.09. The number of aromatic nitrogens is 1. The second-order valence-electron chi connectivity index (χ2n) is 5.72. The number of hydrogen-bond donors (Lipinski definition) is 1.